The molecule has 0 radical (unpaired) electrons. The number of likely N-dealkylation sites (N-methyl/N-ethyl adjacent to an activating group) is 1. The van der Waals surface area contributed by atoms with Gasteiger partial charge < -0.3 is 43.9 Å². The van der Waals surface area contributed by atoms with Gasteiger partial charge in [0.25, 0.3) is 0 Å². The lowest BCUT2D eigenvalue weighted by Gasteiger charge is -2.48. The summed E-state index contributed by atoms with van der Waals surface area (Å²) in [5, 5.41) is 35.4. The van der Waals surface area contributed by atoms with Crippen LogP contribution in [-0.2, 0) is 28.5 Å². The lowest BCUT2D eigenvalue weighted by Crippen LogP contribution is -2.60. The van der Waals surface area contributed by atoms with Gasteiger partial charge >= 0.3 is 5.97 Å². The standard InChI is InChI=1S/C36H64N2O9/c1-13-15-44-36(10)28(14-2)46-33(41)26(8)29(39)25(7)32(47-34-30(40)27(37(11)12)16-24(6)45-34)35(9,42)17-23(5)38-18-21(3)20-43-31(36)22(4)19-38/h13,22-32,34,39-40,42H,1,3,14-20H2,2,4-12H3/t22-,23+,24+,25-,26+,27-,28+,29-,30+,31+,32+,34-,35+,36+/m0/s1. The summed E-state index contributed by atoms with van der Waals surface area (Å²) < 4.78 is 31.8. The molecule has 3 N–H and O–H groups in total. The number of nitrogens with zero attached hydrogens (tertiary/aromatic N) is 2. The van der Waals surface area contributed by atoms with Crippen molar-refractivity contribution >= 4 is 5.97 Å². The Labute approximate surface area is 283 Å². The van der Waals surface area contributed by atoms with Crippen LogP contribution in [0.1, 0.15) is 74.7 Å². The summed E-state index contributed by atoms with van der Waals surface area (Å²) in [6.45, 7) is 24.9. The maximum atomic E-state index is 13.8. The summed E-state index contributed by atoms with van der Waals surface area (Å²) in [6.07, 6.45) is -2.67. The van der Waals surface area contributed by atoms with Gasteiger partial charge in [-0.3, -0.25) is 9.69 Å². The Morgan fingerprint density at radius 2 is 1.79 bits per heavy atom. The van der Waals surface area contributed by atoms with E-state index in [9.17, 15) is 20.1 Å². The predicted octanol–water partition coefficient (Wildman–Crippen LogP) is 3.15. The number of aliphatic hydroxyl groups excluding tert-OH is 2. The molecule has 15 atom stereocenters. The topological polar surface area (TPSA) is 130 Å². The number of hydrogen-bond donors (Lipinski definition) is 3. The van der Waals surface area contributed by atoms with Crippen molar-refractivity contribution < 1.29 is 43.8 Å². The summed E-state index contributed by atoms with van der Waals surface area (Å²) in [6, 6.07) is -0.372. The minimum absolute atomic E-state index is 0.0626. The van der Waals surface area contributed by atoms with E-state index in [2.05, 4.69) is 31.9 Å². The number of esters is 1. The molecule has 0 aromatic carbocycles. The first-order valence-corrected chi connectivity index (χ1v) is 17.4. The molecule has 3 aliphatic heterocycles. The second-order valence-corrected chi connectivity index (χ2v) is 15.2. The van der Waals surface area contributed by atoms with E-state index < -0.39 is 65.8 Å². The molecule has 0 spiro atoms. The van der Waals surface area contributed by atoms with E-state index in [0.717, 1.165) is 5.57 Å². The van der Waals surface area contributed by atoms with E-state index in [1.807, 2.05) is 39.8 Å². The number of carbonyl (C=O) groups is 1. The molecule has 11 heteroatoms. The molecule has 0 amide bonds. The van der Waals surface area contributed by atoms with Gasteiger partial charge in [-0.25, -0.2) is 0 Å². The third-order valence-corrected chi connectivity index (χ3v) is 10.7. The van der Waals surface area contributed by atoms with Gasteiger partial charge in [0.15, 0.2) is 6.29 Å². The molecule has 3 saturated heterocycles. The number of rotatable bonds is 7. The van der Waals surface area contributed by atoms with Gasteiger partial charge in [0, 0.05) is 31.1 Å². The van der Waals surface area contributed by atoms with Gasteiger partial charge in [0.2, 0.25) is 0 Å². The average molecular weight is 669 g/mol. The highest BCUT2D eigenvalue weighted by Crippen LogP contribution is 2.38. The number of fused-ring (bicyclic) bond motifs is 3. The van der Waals surface area contributed by atoms with Gasteiger partial charge in [0.1, 0.15) is 17.8 Å². The SMILES string of the molecule is C=CCO[C@@]1(C)[C@@H]2OCC(=C)CN(C[C@@H]2C)[C@H](C)C[C@@](C)(O)[C@H](O[C@@H]2O[C@H](C)C[C@H](N(C)C)[C@H]2O)[C@@H](C)[C@H](O)[C@@H](C)C(=O)O[C@@H]1CC. The molecule has 1 unspecified atom stereocenters. The van der Waals surface area contributed by atoms with Crippen LogP contribution >= 0.6 is 0 Å². The molecule has 3 fully saturated rings. The van der Waals surface area contributed by atoms with Crippen molar-refractivity contribution in [3.63, 3.8) is 0 Å². The molecule has 11 nitrogen and oxygen atoms in total. The lowest BCUT2D eigenvalue weighted by molar-refractivity contribution is -0.299. The molecule has 272 valence electrons. The molecular weight excluding hydrogens is 604 g/mol. The molecular formula is C36H64N2O9. The summed E-state index contributed by atoms with van der Waals surface area (Å²) in [5.41, 5.74) is -1.66. The zero-order chi connectivity index (χ0) is 35.4. The fraction of sp³-hybridized carbons (Fsp3) is 0.861. The highest BCUT2D eigenvalue weighted by molar-refractivity contribution is 5.73. The molecule has 2 bridgehead atoms. The second kappa shape index (κ2) is 16.5. The fourth-order valence-electron chi connectivity index (χ4n) is 8.00. The highest BCUT2D eigenvalue weighted by atomic mass is 16.7. The molecule has 3 rings (SSSR count). The first-order chi connectivity index (χ1) is 21.9. The summed E-state index contributed by atoms with van der Waals surface area (Å²) in [4.78, 5) is 18.1. The highest BCUT2D eigenvalue weighted by Gasteiger charge is 2.51. The Hall–Kier alpha value is -1.41. The van der Waals surface area contributed by atoms with E-state index in [4.69, 9.17) is 23.7 Å². The smallest absolute Gasteiger partial charge is 0.311 e. The van der Waals surface area contributed by atoms with Crippen molar-refractivity contribution in [1.29, 1.82) is 0 Å². The van der Waals surface area contributed by atoms with Gasteiger partial charge in [-0.1, -0.05) is 33.4 Å². The lowest BCUT2D eigenvalue weighted by atomic mass is 9.78. The number of cyclic esters (lactones) is 1. The average Bonchev–Trinajstić information content (AvgIpc) is 2.99. The second-order valence-electron chi connectivity index (χ2n) is 15.2. The third-order valence-electron chi connectivity index (χ3n) is 10.7. The molecule has 0 aromatic heterocycles. The number of aliphatic hydroxyl groups is 3. The van der Waals surface area contributed by atoms with E-state index in [0.29, 0.717) is 32.5 Å². The van der Waals surface area contributed by atoms with Crippen molar-refractivity contribution in [2.75, 3.05) is 40.4 Å². The van der Waals surface area contributed by atoms with Crippen molar-refractivity contribution in [1.82, 2.24) is 9.80 Å². The van der Waals surface area contributed by atoms with Crippen molar-refractivity contribution in [3.8, 4) is 0 Å². The summed E-state index contributed by atoms with van der Waals surface area (Å²) in [7, 11) is 3.80. The van der Waals surface area contributed by atoms with E-state index in [-0.39, 0.29) is 37.1 Å². The first kappa shape index (κ1) is 40.0. The van der Waals surface area contributed by atoms with Gasteiger partial charge in [-0.2, -0.15) is 0 Å². The maximum Gasteiger partial charge on any atom is 0.311 e. The fourth-order valence-corrected chi connectivity index (χ4v) is 8.00. The van der Waals surface area contributed by atoms with E-state index in [1.54, 1.807) is 26.8 Å². The van der Waals surface area contributed by atoms with Gasteiger partial charge in [0.05, 0.1) is 49.1 Å². The quantitative estimate of drug-likeness (QED) is 0.273. The van der Waals surface area contributed by atoms with Crippen LogP contribution in [0.2, 0.25) is 0 Å². The minimum atomic E-state index is -1.50. The Bertz CT molecular complexity index is 1060. The predicted molar refractivity (Wildman–Crippen MR) is 181 cm³/mol. The zero-order valence-corrected chi connectivity index (χ0v) is 30.6. The van der Waals surface area contributed by atoms with Crippen LogP contribution in [0.3, 0.4) is 0 Å². The Morgan fingerprint density at radius 1 is 1.13 bits per heavy atom. The molecule has 0 aliphatic carbocycles. The van der Waals surface area contributed by atoms with Crippen LogP contribution in [0, 0.1) is 17.8 Å². The van der Waals surface area contributed by atoms with Gasteiger partial charge in [-0.15, -0.1) is 6.58 Å². The van der Waals surface area contributed by atoms with Crippen molar-refractivity contribution in [3.05, 3.63) is 24.8 Å². The van der Waals surface area contributed by atoms with E-state index >= 15 is 0 Å². The summed E-state index contributed by atoms with van der Waals surface area (Å²) >= 11 is 0. The zero-order valence-electron chi connectivity index (χ0n) is 30.6. The van der Waals surface area contributed by atoms with Crippen LogP contribution in [-0.4, -0.2) is 138 Å². The number of hydrogen-bond acceptors (Lipinski definition) is 11. The third kappa shape index (κ3) is 9.23. The number of ether oxygens (including phenoxy) is 5. The van der Waals surface area contributed by atoms with E-state index in [1.165, 1.54) is 0 Å². The first-order valence-electron chi connectivity index (χ1n) is 17.4. The van der Waals surface area contributed by atoms with Crippen LogP contribution in [0.25, 0.3) is 0 Å². The summed E-state index contributed by atoms with van der Waals surface area (Å²) in [5.74, 6) is -2.38. The van der Waals surface area contributed by atoms with Crippen LogP contribution in [0.15, 0.2) is 24.8 Å². The molecule has 47 heavy (non-hydrogen) atoms. The number of carbonyl (C=O) groups excluding carboxylic acids is 1. The van der Waals surface area contributed by atoms with Gasteiger partial charge in [-0.05, 0) is 79.5 Å². The van der Waals surface area contributed by atoms with Crippen molar-refractivity contribution in [2.45, 2.75) is 141 Å². The molecule has 3 heterocycles. The molecule has 0 saturated carbocycles. The molecule has 0 aromatic rings. The van der Waals surface area contributed by atoms with Crippen LogP contribution in [0.5, 0.6) is 0 Å². The molecule has 3 aliphatic rings. The van der Waals surface area contributed by atoms with Crippen LogP contribution < -0.4 is 0 Å². The Morgan fingerprint density at radius 3 is 2.38 bits per heavy atom. The normalized spacial score (nSPS) is 46.2. The Balaban J connectivity index is 2.11. The van der Waals surface area contributed by atoms with Crippen molar-refractivity contribution in [2.24, 2.45) is 17.8 Å². The maximum absolute atomic E-state index is 13.8. The minimum Gasteiger partial charge on any atom is -0.459 e. The van der Waals surface area contributed by atoms with Crippen LogP contribution in [0.4, 0.5) is 0 Å². The monoisotopic (exact) mass is 668 g/mol. The largest absolute Gasteiger partial charge is 0.459 e. The Kier molecular flexibility index (Phi) is 14.1.